The second kappa shape index (κ2) is 9.42. The van der Waals surface area contributed by atoms with Crippen LogP contribution in [0.1, 0.15) is 43.0 Å². The number of amides is 2. The van der Waals surface area contributed by atoms with Gasteiger partial charge in [0, 0.05) is 12.1 Å². The molecule has 0 radical (unpaired) electrons. The Balaban J connectivity index is 1.39. The molecule has 2 aromatic rings. The minimum atomic E-state index is -0.743. The van der Waals surface area contributed by atoms with Gasteiger partial charge in [0.15, 0.2) is 5.78 Å². The van der Waals surface area contributed by atoms with Crippen molar-refractivity contribution in [3.8, 4) is 5.69 Å². The monoisotopic (exact) mass is 486 g/mol. The summed E-state index contributed by atoms with van der Waals surface area (Å²) in [6, 6.07) is 5.46. The average molecular weight is 487 g/mol. The van der Waals surface area contributed by atoms with Gasteiger partial charge in [0.1, 0.15) is 31.1 Å². The average Bonchev–Trinajstić information content (AvgIpc) is 3.58. The maximum Gasteiger partial charge on any atom is 0.252 e. The number of carbonyl (C=O) groups is 3. The number of benzene rings is 1. The summed E-state index contributed by atoms with van der Waals surface area (Å²) in [7, 11) is 0. The molecular weight excluding hydrogens is 460 g/mol. The van der Waals surface area contributed by atoms with E-state index in [0.29, 0.717) is 17.2 Å². The van der Waals surface area contributed by atoms with E-state index in [4.69, 9.17) is 16.3 Å². The van der Waals surface area contributed by atoms with Crippen LogP contribution in [-0.4, -0.2) is 79.4 Å². The van der Waals surface area contributed by atoms with Gasteiger partial charge in [-0.25, -0.2) is 4.68 Å². The molecule has 2 amide bonds. The van der Waals surface area contributed by atoms with Crippen LogP contribution in [0.15, 0.2) is 30.6 Å². The van der Waals surface area contributed by atoms with Crippen molar-refractivity contribution in [2.24, 2.45) is 11.8 Å². The van der Waals surface area contributed by atoms with Gasteiger partial charge in [-0.05, 0) is 53.3 Å². The first kappa shape index (κ1) is 22.9. The van der Waals surface area contributed by atoms with Crippen molar-refractivity contribution in [3.63, 3.8) is 0 Å². The molecule has 1 saturated carbocycles. The number of fused-ring (bicyclic) bond motifs is 1. The molecule has 34 heavy (non-hydrogen) atoms. The van der Waals surface area contributed by atoms with Crippen molar-refractivity contribution >= 4 is 29.2 Å². The highest BCUT2D eigenvalue weighted by Crippen LogP contribution is 2.35. The second-order valence-electron chi connectivity index (χ2n) is 9.47. The molecule has 1 N–H and O–H groups in total. The topological polar surface area (TPSA) is 119 Å². The molecule has 0 bridgehead atoms. The first-order valence-corrected chi connectivity index (χ1v) is 12.1. The van der Waals surface area contributed by atoms with Gasteiger partial charge in [-0.3, -0.25) is 14.4 Å². The minimum absolute atomic E-state index is 0.0133. The standard InChI is InChI=1S/C23H27ClN6O4/c1-13-5-7-14(8-6-13)19(23(33)29-10-17(24)21-20(29)18(31)11-34-21)26-22(32)15-3-2-4-16(9-15)30-12-25-27-28-30/h2-4,9,12-14,17,19-21H,5-8,10-11H2,1H3,(H,26,32)/t13?,14?,17-,19?,20-,21-/m1/s1. The van der Waals surface area contributed by atoms with Gasteiger partial charge < -0.3 is 15.0 Å². The van der Waals surface area contributed by atoms with Gasteiger partial charge in [0.25, 0.3) is 5.91 Å². The van der Waals surface area contributed by atoms with E-state index in [1.807, 2.05) is 0 Å². The van der Waals surface area contributed by atoms with E-state index in [9.17, 15) is 14.4 Å². The quantitative estimate of drug-likeness (QED) is 0.634. The lowest BCUT2D eigenvalue weighted by Crippen LogP contribution is -2.55. The Labute approximate surface area is 202 Å². The predicted molar refractivity (Wildman–Crippen MR) is 121 cm³/mol. The number of nitrogens with zero attached hydrogens (tertiary/aromatic N) is 5. The van der Waals surface area contributed by atoms with Crippen LogP contribution in [0.5, 0.6) is 0 Å². The molecular formula is C23H27ClN6O4. The zero-order valence-electron chi connectivity index (χ0n) is 18.8. The summed E-state index contributed by atoms with van der Waals surface area (Å²) >= 11 is 6.42. The number of carbonyl (C=O) groups excluding carboxylic acids is 3. The largest absolute Gasteiger partial charge is 0.366 e. The van der Waals surface area contributed by atoms with E-state index in [1.54, 1.807) is 24.3 Å². The maximum absolute atomic E-state index is 13.8. The second-order valence-corrected chi connectivity index (χ2v) is 10.0. The van der Waals surface area contributed by atoms with Crippen LogP contribution in [0.4, 0.5) is 0 Å². The number of ether oxygens (including phenoxy) is 1. The fourth-order valence-electron chi connectivity index (χ4n) is 5.30. The number of tetrazole rings is 1. The van der Waals surface area contributed by atoms with E-state index in [1.165, 1.54) is 15.9 Å². The van der Waals surface area contributed by atoms with Crippen molar-refractivity contribution in [3.05, 3.63) is 36.2 Å². The van der Waals surface area contributed by atoms with Crippen molar-refractivity contribution in [1.82, 2.24) is 30.4 Å². The molecule has 1 aromatic carbocycles. The van der Waals surface area contributed by atoms with Gasteiger partial charge in [0.2, 0.25) is 5.91 Å². The van der Waals surface area contributed by atoms with Crippen LogP contribution >= 0.6 is 11.6 Å². The molecule has 11 heteroatoms. The van der Waals surface area contributed by atoms with Crippen LogP contribution in [0.2, 0.25) is 0 Å². The first-order valence-electron chi connectivity index (χ1n) is 11.7. The molecule has 10 nitrogen and oxygen atoms in total. The highest BCUT2D eigenvalue weighted by molar-refractivity contribution is 6.22. The summed E-state index contributed by atoms with van der Waals surface area (Å²) in [5, 5.41) is 13.7. The van der Waals surface area contributed by atoms with Crippen LogP contribution in [0, 0.1) is 11.8 Å². The molecule has 3 aliphatic rings. The van der Waals surface area contributed by atoms with Crippen LogP contribution in [0.25, 0.3) is 5.69 Å². The maximum atomic E-state index is 13.8. The highest BCUT2D eigenvalue weighted by Gasteiger charge is 2.53. The third-order valence-electron chi connectivity index (χ3n) is 7.21. The number of hydrogen-bond acceptors (Lipinski definition) is 7. The van der Waals surface area contributed by atoms with Crippen LogP contribution in [-0.2, 0) is 14.3 Å². The number of rotatable bonds is 5. The fourth-order valence-corrected chi connectivity index (χ4v) is 5.66. The number of ketones is 1. The SMILES string of the molecule is CC1CCC(C(NC(=O)c2cccc(-n3cnnn3)c2)C(=O)N2C[C@@H](Cl)[C@H]3OCC(=O)[C@H]32)CC1. The Morgan fingerprint density at radius 2 is 2.03 bits per heavy atom. The van der Waals surface area contributed by atoms with Crippen LogP contribution < -0.4 is 5.32 Å². The van der Waals surface area contributed by atoms with Gasteiger partial charge in [-0.2, -0.15) is 0 Å². The Hall–Kier alpha value is -2.85. The van der Waals surface area contributed by atoms with Gasteiger partial charge in [-0.15, -0.1) is 16.7 Å². The van der Waals surface area contributed by atoms with Crippen LogP contribution in [0.3, 0.4) is 0 Å². The first-order chi connectivity index (χ1) is 16.4. The number of hydrogen-bond donors (Lipinski definition) is 1. The highest BCUT2D eigenvalue weighted by atomic mass is 35.5. The Morgan fingerprint density at radius 3 is 2.76 bits per heavy atom. The number of alkyl halides is 1. The molecule has 2 aliphatic heterocycles. The summed E-state index contributed by atoms with van der Waals surface area (Å²) in [4.78, 5) is 41.1. The van der Waals surface area contributed by atoms with E-state index >= 15 is 0 Å². The van der Waals surface area contributed by atoms with Crippen molar-refractivity contribution < 1.29 is 19.1 Å². The van der Waals surface area contributed by atoms with Crippen molar-refractivity contribution in [1.29, 1.82) is 0 Å². The third kappa shape index (κ3) is 4.32. The lowest BCUT2D eigenvalue weighted by Gasteiger charge is -2.35. The normalized spacial score (nSPS) is 29.6. The fraction of sp³-hybridized carbons (Fsp3) is 0.565. The summed E-state index contributed by atoms with van der Waals surface area (Å²) in [6.45, 7) is 2.39. The molecule has 1 aromatic heterocycles. The summed E-state index contributed by atoms with van der Waals surface area (Å²) in [6.07, 6.45) is 4.60. The van der Waals surface area contributed by atoms with Crippen molar-refractivity contribution in [2.75, 3.05) is 13.2 Å². The van der Waals surface area contributed by atoms with E-state index < -0.39 is 23.6 Å². The number of aromatic nitrogens is 4. The molecule has 0 spiro atoms. The number of nitrogens with one attached hydrogen (secondary N) is 1. The smallest absolute Gasteiger partial charge is 0.252 e. The lowest BCUT2D eigenvalue weighted by atomic mass is 9.78. The molecule has 1 unspecified atom stereocenters. The molecule has 3 heterocycles. The van der Waals surface area contributed by atoms with E-state index in [2.05, 4.69) is 27.8 Å². The van der Waals surface area contributed by atoms with Gasteiger partial charge >= 0.3 is 0 Å². The summed E-state index contributed by atoms with van der Waals surface area (Å²) < 4.78 is 7.00. The molecule has 1 aliphatic carbocycles. The molecule has 4 atom stereocenters. The molecule has 3 fully saturated rings. The minimum Gasteiger partial charge on any atom is -0.366 e. The molecule has 5 rings (SSSR count). The molecule has 2 saturated heterocycles. The van der Waals surface area contributed by atoms with E-state index in [-0.39, 0.29) is 36.7 Å². The zero-order chi connectivity index (χ0) is 23.8. The number of halogens is 1. The summed E-state index contributed by atoms with van der Waals surface area (Å²) in [5.41, 5.74) is 1.03. The number of Topliss-reactive ketones (excluding diaryl/α,β-unsaturated/α-hetero) is 1. The van der Waals surface area contributed by atoms with E-state index in [0.717, 1.165) is 25.7 Å². The number of likely N-dealkylation sites (tertiary alicyclic amines) is 1. The zero-order valence-corrected chi connectivity index (χ0v) is 19.6. The Bertz CT molecular complexity index is 1070. The Kier molecular flexibility index (Phi) is 6.35. The third-order valence-corrected chi connectivity index (χ3v) is 7.60. The lowest BCUT2D eigenvalue weighted by molar-refractivity contribution is -0.139. The predicted octanol–water partition coefficient (Wildman–Crippen LogP) is 1.37. The van der Waals surface area contributed by atoms with Crippen molar-refractivity contribution in [2.45, 2.75) is 56.2 Å². The molecule has 180 valence electrons. The Morgan fingerprint density at radius 1 is 1.24 bits per heavy atom. The van der Waals surface area contributed by atoms with Gasteiger partial charge in [0.05, 0.1) is 11.1 Å². The van der Waals surface area contributed by atoms with Gasteiger partial charge in [-0.1, -0.05) is 25.8 Å². The summed E-state index contributed by atoms with van der Waals surface area (Å²) in [5.74, 6) is -0.192.